The molecule has 1 aliphatic heterocycles. The SMILES string of the molecule is CC(CC1CCCN1)NCCc1ccc(Cl)cc1. The fourth-order valence-electron chi connectivity index (χ4n) is 2.58. The van der Waals surface area contributed by atoms with Crippen molar-refractivity contribution in [3.8, 4) is 0 Å². The molecule has 0 spiro atoms. The van der Waals surface area contributed by atoms with Crippen LogP contribution in [0.2, 0.25) is 5.02 Å². The average molecular weight is 267 g/mol. The average Bonchev–Trinajstić information content (AvgIpc) is 2.84. The third-order valence-corrected chi connectivity index (χ3v) is 3.87. The summed E-state index contributed by atoms with van der Waals surface area (Å²) in [6, 6.07) is 9.45. The van der Waals surface area contributed by atoms with Crippen LogP contribution in [0.3, 0.4) is 0 Å². The van der Waals surface area contributed by atoms with Gasteiger partial charge in [0.25, 0.3) is 0 Å². The molecule has 3 heteroatoms. The molecule has 0 aromatic heterocycles. The van der Waals surface area contributed by atoms with E-state index in [2.05, 4.69) is 29.7 Å². The first-order valence-corrected chi connectivity index (χ1v) is 7.33. The number of hydrogen-bond acceptors (Lipinski definition) is 2. The molecular weight excluding hydrogens is 244 g/mol. The molecule has 0 saturated carbocycles. The Bertz CT molecular complexity index is 344. The monoisotopic (exact) mass is 266 g/mol. The largest absolute Gasteiger partial charge is 0.314 e. The van der Waals surface area contributed by atoms with Gasteiger partial charge >= 0.3 is 0 Å². The summed E-state index contributed by atoms with van der Waals surface area (Å²) >= 11 is 5.87. The third-order valence-electron chi connectivity index (χ3n) is 3.62. The maximum Gasteiger partial charge on any atom is 0.0406 e. The molecule has 2 N–H and O–H groups in total. The Morgan fingerprint density at radius 3 is 2.83 bits per heavy atom. The van der Waals surface area contributed by atoms with Crippen LogP contribution in [0.4, 0.5) is 0 Å². The first-order valence-electron chi connectivity index (χ1n) is 6.95. The van der Waals surface area contributed by atoms with Crippen molar-refractivity contribution >= 4 is 11.6 Å². The van der Waals surface area contributed by atoms with Crippen molar-refractivity contribution in [1.29, 1.82) is 0 Å². The first kappa shape index (κ1) is 13.9. The highest BCUT2D eigenvalue weighted by Gasteiger charge is 2.16. The summed E-state index contributed by atoms with van der Waals surface area (Å²) < 4.78 is 0. The van der Waals surface area contributed by atoms with E-state index in [1.807, 2.05) is 12.1 Å². The molecule has 2 rings (SSSR count). The minimum Gasteiger partial charge on any atom is -0.314 e. The van der Waals surface area contributed by atoms with Gasteiger partial charge in [-0.15, -0.1) is 0 Å². The van der Waals surface area contributed by atoms with Gasteiger partial charge in [-0.3, -0.25) is 0 Å². The van der Waals surface area contributed by atoms with E-state index in [0.29, 0.717) is 6.04 Å². The van der Waals surface area contributed by atoms with E-state index in [9.17, 15) is 0 Å². The summed E-state index contributed by atoms with van der Waals surface area (Å²) in [6.45, 7) is 4.51. The zero-order chi connectivity index (χ0) is 12.8. The molecule has 18 heavy (non-hydrogen) atoms. The predicted molar refractivity (Wildman–Crippen MR) is 78.3 cm³/mol. The Kier molecular flexibility index (Phi) is 5.48. The lowest BCUT2D eigenvalue weighted by molar-refractivity contribution is 0.443. The van der Waals surface area contributed by atoms with Gasteiger partial charge < -0.3 is 10.6 Å². The normalized spacial score (nSPS) is 21.1. The molecule has 2 atom stereocenters. The number of nitrogens with one attached hydrogen (secondary N) is 2. The van der Waals surface area contributed by atoms with Crippen LogP contribution >= 0.6 is 11.6 Å². The lowest BCUT2D eigenvalue weighted by atomic mass is 10.1. The van der Waals surface area contributed by atoms with Gasteiger partial charge in [0.05, 0.1) is 0 Å². The fraction of sp³-hybridized carbons (Fsp3) is 0.600. The number of benzene rings is 1. The Morgan fingerprint density at radius 1 is 1.39 bits per heavy atom. The van der Waals surface area contributed by atoms with E-state index < -0.39 is 0 Å². The van der Waals surface area contributed by atoms with Crippen molar-refractivity contribution < 1.29 is 0 Å². The van der Waals surface area contributed by atoms with Crippen LogP contribution in [0.1, 0.15) is 31.7 Å². The van der Waals surface area contributed by atoms with Crippen LogP contribution in [0.15, 0.2) is 24.3 Å². The molecule has 0 aliphatic carbocycles. The Morgan fingerprint density at radius 2 is 2.17 bits per heavy atom. The molecule has 1 heterocycles. The maximum absolute atomic E-state index is 5.87. The second kappa shape index (κ2) is 7.13. The van der Waals surface area contributed by atoms with Crippen molar-refractivity contribution in [2.75, 3.05) is 13.1 Å². The second-order valence-corrected chi connectivity index (χ2v) is 5.70. The zero-order valence-corrected chi connectivity index (χ0v) is 11.8. The topological polar surface area (TPSA) is 24.1 Å². The van der Waals surface area contributed by atoms with Crippen molar-refractivity contribution in [2.24, 2.45) is 0 Å². The van der Waals surface area contributed by atoms with Crippen LogP contribution in [0.5, 0.6) is 0 Å². The van der Waals surface area contributed by atoms with Gasteiger partial charge in [-0.2, -0.15) is 0 Å². The molecule has 2 unspecified atom stereocenters. The quantitative estimate of drug-likeness (QED) is 0.827. The van der Waals surface area contributed by atoms with Crippen molar-refractivity contribution in [2.45, 2.75) is 44.7 Å². The Labute approximate surface area is 115 Å². The van der Waals surface area contributed by atoms with Crippen molar-refractivity contribution in [3.63, 3.8) is 0 Å². The van der Waals surface area contributed by atoms with Gasteiger partial charge in [-0.25, -0.2) is 0 Å². The van der Waals surface area contributed by atoms with E-state index in [1.165, 1.54) is 31.4 Å². The minimum absolute atomic E-state index is 0.591. The van der Waals surface area contributed by atoms with Gasteiger partial charge in [0.2, 0.25) is 0 Å². The molecule has 0 amide bonds. The molecule has 0 radical (unpaired) electrons. The standard InChI is InChI=1S/C15H23ClN2/c1-12(11-15-3-2-9-18-15)17-10-8-13-4-6-14(16)7-5-13/h4-7,12,15,17-18H,2-3,8-11H2,1H3. The van der Waals surface area contributed by atoms with Crippen LogP contribution in [0.25, 0.3) is 0 Å². The molecular formula is C15H23ClN2. The first-order chi connectivity index (χ1) is 8.74. The van der Waals surface area contributed by atoms with E-state index in [0.717, 1.165) is 24.0 Å². The summed E-state index contributed by atoms with van der Waals surface area (Å²) in [5.41, 5.74) is 1.35. The van der Waals surface area contributed by atoms with Crippen LogP contribution in [-0.4, -0.2) is 25.2 Å². The highest BCUT2D eigenvalue weighted by molar-refractivity contribution is 6.30. The molecule has 1 aromatic carbocycles. The molecule has 100 valence electrons. The Balaban J connectivity index is 1.63. The maximum atomic E-state index is 5.87. The highest BCUT2D eigenvalue weighted by Crippen LogP contribution is 2.11. The third kappa shape index (κ3) is 4.60. The Hall–Kier alpha value is -0.570. The van der Waals surface area contributed by atoms with E-state index in [4.69, 9.17) is 11.6 Å². The van der Waals surface area contributed by atoms with E-state index in [1.54, 1.807) is 0 Å². The summed E-state index contributed by atoms with van der Waals surface area (Å²) in [5, 5.41) is 7.96. The number of hydrogen-bond donors (Lipinski definition) is 2. The molecule has 1 saturated heterocycles. The zero-order valence-electron chi connectivity index (χ0n) is 11.1. The lowest BCUT2D eigenvalue weighted by Crippen LogP contribution is -2.34. The summed E-state index contributed by atoms with van der Waals surface area (Å²) in [5.74, 6) is 0. The van der Waals surface area contributed by atoms with Gasteiger partial charge in [0, 0.05) is 17.1 Å². The van der Waals surface area contributed by atoms with Gasteiger partial charge in [-0.1, -0.05) is 23.7 Å². The van der Waals surface area contributed by atoms with Crippen LogP contribution in [-0.2, 0) is 6.42 Å². The molecule has 0 bridgehead atoms. The lowest BCUT2D eigenvalue weighted by Gasteiger charge is -2.18. The smallest absolute Gasteiger partial charge is 0.0406 e. The highest BCUT2D eigenvalue weighted by atomic mass is 35.5. The second-order valence-electron chi connectivity index (χ2n) is 5.26. The number of rotatable bonds is 6. The van der Waals surface area contributed by atoms with Gasteiger partial charge in [0.15, 0.2) is 0 Å². The summed E-state index contributed by atoms with van der Waals surface area (Å²) in [6.07, 6.45) is 4.98. The minimum atomic E-state index is 0.591. The van der Waals surface area contributed by atoms with Crippen LogP contribution in [0, 0.1) is 0 Å². The molecule has 1 aliphatic rings. The van der Waals surface area contributed by atoms with E-state index in [-0.39, 0.29) is 0 Å². The van der Waals surface area contributed by atoms with Gasteiger partial charge in [-0.05, 0) is 63.4 Å². The predicted octanol–water partition coefficient (Wildman–Crippen LogP) is 3.00. The van der Waals surface area contributed by atoms with Gasteiger partial charge in [0.1, 0.15) is 0 Å². The summed E-state index contributed by atoms with van der Waals surface area (Å²) in [7, 11) is 0. The summed E-state index contributed by atoms with van der Waals surface area (Å²) in [4.78, 5) is 0. The molecule has 2 nitrogen and oxygen atoms in total. The van der Waals surface area contributed by atoms with Crippen molar-refractivity contribution in [3.05, 3.63) is 34.9 Å². The van der Waals surface area contributed by atoms with E-state index >= 15 is 0 Å². The molecule has 1 aromatic rings. The van der Waals surface area contributed by atoms with Crippen molar-refractivity contribution in [1.82, 2.24) is 10.6 Å². The molecule has 1 fully saturated rings. The fourth-order valence-corrected chi connectivity index (χ4v) is 2.71. The van der Waals surface area contributed by atoms with Crippen LogP contribution < -0.4 is 10.6 Å². The number of halogens is 1.